The summed E-state index contributed by atoms with van der Waals surface area (Å²) >= 11 is 0. The molecule has 102 valence electrons. The maximum Gasteiger partial charge on any atom is 0.133 e. The number of pyridine rings is 1. The van der Waals surface area contributed by atoms with E-state index < -0.39 is 0 Å². The Balaban J connectivity index is 1.80. The number of Topliss-reactive ketones (excluding diaryl/α,β-unsaturated/α-hetero) is 1. The van der Waals surface area contributed by atoms with Crippen LogP contribution >= 0.6 is 0 Å². The third-order valence-electron chi connectivity index (χ3n) is 3.45. The maximum atomic E-state index is 10.8. The third-order valence-corrected chi connectivity index (χ3v) is 3.45. The van der Waals surface area contributed by atoms with Crippen LogP contribution in [0.1, 0.15) is 37.4 Å². The van der Waals surface area contributed by atoms with E-state index in [1.165, 1.54) is 25.9 Å². The van der Waals surface area contributed by atoms with E-state index in [0.29, 0.717) is 6.42 Å². The van der Waals surface area contributed by atoms with Crippen molar-refractivity contribution in [1.82, 2.24) is 9.88 Å². The van der Waals surface area contributed by atoms with Crippen molar-refractivity contribution in [3.8, 4) is 0 Å². The van der Waals surface area contributed by atoms with Gasteiger partial charge >= 0.3 is 0 Å². The Morgan fingerprint density at radius 1 is 1.37 bits per heavy atom. The van der Waals surface area contributed by atoms with Crippen molar-refractivity contribution < 1.29 is 4.79 Å². The molecule has 1 saturated heterocycles. The first-order valence-corrected chi connectivity index (χ1v) is 7.07. The smallest absolute Gasteiger partial charge is 0.133 e. The molecule has 3 nitrogen and oxygen atoms in total. The average molecular weight is 258 g/mol. The van der Waals surface area contributed by atoms with Crippen molar-refractivity contribution in [3.05, 3.63) is 35.7 Å². The molecule has 2 rings (SSSR count). The molecule has 0 bridgehead atoms. The highest BCUT2D eigenvalue weighted by Crippen LogP contribution is 2.09. The Labute approximate surface area is 115 Å². The number of hydrogen-bond acceptors (Lipinski definition) is 3. The standard InChI is InChI=1S/C16H22N2O/c1-14(19)5-4-6-15-7-8-16(17-13-15)9-12-18-10-2-3-11-18/h4,6-8,13H,2-3,5,9-12H2,1H3/b6-4+. The van der Waals surface area contributed by atoms with E-state index in [4.69, 9.17) is 0 Å². The van der Waals surface area contributed by atoms with Gasteiger partial charge in [0.1, 0.15) is 5.78 Å². The van der Waals surface area contributed by atoms with E-state index in [2.05, 4.69) is 22.0 Å². The van der Waals surface area contributed by atoms with Crippen LogP contribution in [0, 0.1) is 0 Å². The van der Waals surface area contributed by atoms with E-state index in [9.17, 15) is 4.79 Å². The number of ketones is 1. The Morgan fingerprint density at radius 3 is 2.79 bits per heavy atom. The van der Waals surface area contributed by atoms with Crippen LogP contribution in [0.25, 0.3) is 6.08 Å². The number of nitrogens with zero attached hydrogens (tertiary/aromatic N) is 2. The van der Waals surface area contributed by atoms with E-state index in [0.717, 1.165) is 24.2 Å². The van der Waals surface area contributed by atoms with Gasteiger partial charge in [0, 0.05) is 31.3 Å². The molecule has 0 spiro atoms. The predicted molar refractivity (Wildman–Crippen MR) is 77.9 cm³/mol. The molecule has 0 unspecified atom stereocenters. The molecule has 19 heavy (non-hydrogen) atoms. The lowest BCUT2D eigenvalue weighted by molar-refractivity contribution is -0.116. The summed E-state index contributed by atoms with van der Waals surface area (Å²) in [6.07, 6.45) is 9.94. The molecule has 3 heteroatoms. The first-order valence-electron chi connectivity index (χ1n) is 7.07. The van der Waals surface area contributed by atoms with Gasteiger partial charge in [0.2, 0.25) is 0 Å². The number of likely N-dealkylation sites (tertiary alicyclic amines) is 1. The number of carbonyl (C=O) groups is 1. The molecule has 0 aliphatic carbocycles. The minimum Gasteiger partial charge on any atom is -0.303 e. The number of allylic oxidation sites excluding steroid dienone is 1. The first kappa shape index (κ1) is 13.9. The minimum atomic E-state index is 0.187. The molecule has 2 heterocycles. The van der Waals surface area contributed by atoms with Crippen LogP contribution in [0.5, 0.6) is 0 Å². The molecule has 1 aromatic heterocycles. The third kappa shape index (κ3) is 4.95. The average Bonchev–Trinajstić information content (AvgIpc) is 2.90. The second kappa shape index (κ2) is 7.19. The van der Waals surface area contributed by atoms with Gasteiger partial charge in [-0.15, -0.1) is 0 Å². The van der Waals surface area contributed by atoms with E-state index in [-0.39, 0.29) is 5.78 Å². The lowest BCUT2D eigenvalue weighted by Crippen LogP contribution is -2.22. The van der Waals surface area contributed by atoms with Gasteiger partial charge in [0.15, 0.2) is 0 Å². The topological polar surface area (TPSA) is 33.2 Å². The van der Waals surface area contributed by atoms with Gasteiger partial charge in [0.05, 0.1) is 0 Å². The monoisotopic (exact) mass is 258 g/mol. The Kier molecular flexibility index (Phi) is 5.28. The van der Waals surface area contributed by atoms with Crippen molar-refractivity contribution in [2.75, 3.05) is 19.6 Å². The lowest BCUT2D eigenvalue weighted by Gasteiger charge is -2.13. The van der Waals surface area contributed by atoms with Gasteiger partial charge < -0.3 is 4.90 Å². The zero-order chi connectivity index (χ0) is 13.5. The van der Waals surface area contributed by atoms with Crippen molar-refractivity contribution in [1.29, 1.82) is 0 Å². The summed E-state index contributed by atoms with van der Waals surface area (Å²) in [4.78, 5) is 17.8. The number of rotatable bonds is 6. The second-order valence-electron chi connectivity index (χ2n) is 5.19. The van der Waals surface area contributed by atoms with Gasteiger partial charge in [-0.25, -0.2) is 0 Å². The van der Waals surface area contributed by atoms with E-state index in [1.54, 1.807) is 6.92 Å². The highest BCUT2D eigenvalue weighted by Gasteiger charge is 2.10. The summed E-state index contributed by atoms with van der Waals surface area (Å²) in [5, 5.41) is 0. The van der Waals surface area contributed by atoms with Crippen molar-refractivity contribution in [2.24, 2.45) is 0 Å². The SMILES string of the molecule is CC(=O)C/C=C/c1ccc(CCN2CCCC2)nc1. The summed E-state index contributed by atoms with van der Waals surface area (Å²) in [6, 6.07) is 4.16. The van der Waals surface area contributed by atoms with Crippen LogP contribution in [0.3, 0.4) is 0 Å². The fourth-order valence-corrected chi connectivity index (χ4v) is 2.32. The summed E-state index contributed by atoms with van der Waals surface area (Å²) in [6.45, 7) is 5.20. The van der Waals surface area contributed by atoms with Crippen molar-refractivity contribution in [3.63, 3.8) is 0 Å². The van der Waals surface area contributed by atoms with Gasteiger partial charge in [-0.2, -0.15) is 0 Å². The molecule has 1 aliphatic rings. The molecule has 0 amide bonds. The molecular formula is C16H22N2O. The molecule has 1 aromatic rings. The summed E-state index contributed by atoms with van der Waals surface area (Å²) in [5.41, 5.74) is 2.21. The summed E-state index contributed by atoms with van der Waals surface area (Å²) in [5.74, 6) is 0.187. The number of hydrogen-bond donors (Lipinski definition) is 0. The lowest BCUT2D eigenvalue weighted by atomic mass is 10.2. The van der Waals surface area contributed by atoms with Crippen LogP contribution in [0.15, 0.2) is 24.4 Å². The Hall–Kier alpha value is -1.48. The molecule has 1 fully saturated rings. The van der Waals surface area contributed by atoms with Crippen LogP contribution in [-0.4, -0.2) is 35.3 Å². The Bertz CT molecular complexity index is 431. The number of aromatic nitrogens is 1. The van der Waals surface area contributed by atoms with Crippen LogP contribution in [0.2, 0.25) is 0 Å². The zero-order valence-electron chi connectivity index (χ0n) is 11.6. The molecule has 0 radical (unpaired) electrons. The van der Waals surface area contributed by atoms with Crippen LogP contribution in [0.4, 0.5) is 0 Å². The predicted octanol–water partition coefficient (Wildman–Crippen LogP) is 2.71. The fourth-order valence-electron chi connectivity index (χ4n) is 2.32. The summed E-state index contributed by atoms with van der Waals surface area (Å²) < 4.78 is 0. The van der Waals surface area contributed by atoms with Gasteiger partial charge in [0.25, 0.3) is 0 Å². The largest absolute Gasteiger partial charge is 0.303 e. The maximum absolute atomic E-state index is 10.8. The van der Waals surface area contributed by atoms with Crippen molar-refractivity contribution >= 4 is 11.9 Å². The van der Waals surface area contributed by atoms with Gasteiger partial charge in [-0.1, -0.05) is 18.2 Å². The van der Waals surface area contributed by atoms with E-state index in [1.807, 2.05) is 18.3 Å². The quantitative estimate of drug-likeness (QED) is 0.786. The minimum absolute atomic E-state index is 0.187. The summed E-state index contributed by atoms with van der Waals surface area (Å²) in [7, 11) is 0. The number of carbonyl (C=O) groups excluding carboxylic acids is 1. The van der Waals surface area contributed by atoms with Gasteiger partial charge in [-0.05, 0) is 44.5 Å². The molecule has 0 atom stereocenters. The molecule has 0 saturated carbocycles. The molecular weight excluding hydrogens is 236 g/mol. The fraction of sp³-hybridized carbons (Fsp3) is 0.500. The second-order valence-corrected chi connectivity index (χ2v) is 5.19. The highest BCUT2D eigenvalue weighted by molar-refractivity contribution is 5.78. The normalized spacial score (nSPS) is 16.3. The van der Waals surface area contributed by atoms with Crippen LogP contribution < -0.4 is 0 Å². The molecule has 0 aromatic carbocycles. The van der Waals surface area contributed by atoms with Crippen LogP contribution in [-0.2, 0) is 11.2 Å². The molecule has 0 N–H and O–H groups in total. The molecule has 1 aliphatic heterocycles. The van der Waals surface area contributed by atoms with Gasteiger partial charge in [-0.3, -0.25) is 9.78 Å². The first-order chi connectivity index (χ1) is 9.24. The van der Waals surface area contributed by atoms with E-state index >= 15 is 0 Å². The Morgan fingerprint density at radius 2 is 2.16 bits per heavy atom. The van der Waals surface area contributed by atoms with Crippen molar-refractivity contribution in [2.45, 2.75) is 32.6 Å². The zero-order valence-corrected chi connectivity index (χ0v) is 11.6. The highest BCUT2D eigenvalue weighted by atomic mass is 16.1.